The first-order valence-corrected chi connectivity index (χ1v) is 15.6. The van der Waals surface area contributed by atoms with E-state index in [4.69, 9.17) is 9.40 Å². The number of nitriles is 1. The minimum Gasteiger partial charge on any atom is -0.456 e. The number of benzene rings is 6. The summed E-state index contributed by atoms with van der Waals surface area (Å²) in [6, 6.07) is 50.5. The van der Waals surface area contributed by atoms with Gasteiger partial charge in [-0.05, 0) is 83.9 Å². The van der Waals surface area contributed by atoms with Crippen LogP contribution in [-0.4, -0.2) is 14.1 Å². The number of aromatic nitrogens is 3. The summed E-state index contributed by atoms with van der Waals surface area (Å²) in [5.74, 6) is 0. The van der Waals surface area contributed by atoms with Crippen molar-refractivity contribution in [3.8, 4) is 28.6 Å². The lowest BCUT2D eigenvalue weighted by atomic mass is 10.0. The Kier molecular flexibility index (Phi) is 5.28. The molecule has 6 aromatic carbocycles. The molecule has 5 nitrogen and oxygen atoms in total. The minimum atomic E-state index is 0.611. The second kappa shape index (κ2) is 9.68. The lowest BCUT2D eigenvalue weighted by Crippen LogP contribution is -1.97. The van der Waals surface area contributed by atoms with Gasteiger partial charge in [0.25, 0.3) is 0 Å². The van der Waals surface area contributed by atoms with Crippen LogP contribution in [0.25, 0.3) is 88.2 Å². The predicted octanol–water partition coefficient (Wildman–Crippen LogP) is 10.7. The van der Waals surface area contributed by atoms with E-state index in [1.54, 1.807) is 0 Å². The van der Waals surface area contributed by atoms with Gasteiger partial charge in [0.2, 0.25) is 0 Å². The van der Waals surface area contributed by atoms with Gasteiger partial charge in [0.05, 0.1) is 39.2 Å². The molecule has 4 aromatic heterocycles. The molecule has 0 saturated carbocycles. The molecule has 0 aliphatic rings. The van der Waals surface area contributed by atoms with Crippen molar-refractivity contribution in [3.05, 3.63) is 151 Å². The summed E-state index contributed by atoms with van der Waals surface area (Å²) in [4.78, 5) is 4.88. The van der Waals surface area contributed by atoms with E-state index >= 15 is 0 Å². The fourth-order valence-electron chi connectivity index (χ4n) is 7.41. The number of para-hydroxylation sites is 3. The van der Waals surface area contributed by atoms with Crippen LogP contribution in [0.2, 0.25) is 0 Å². The fraction of sp³-hybridized carbons (Fsp3) is 0. The van der Waals surface area contributed by atoms with Gasteiger partial charge >= 0.3 is 0 Å². The van der Waals surface area contributed by atoms with E-state index < -0.39 is 0 Å². The average Bonchev–Trinajstić information content (AvgIpc) is 3.79. The maximum Gasteiger partial charge on any atom is 0.136 e. The highest BCUT2D eigenvalue weighted by Crippen LogP contribution is 2.41. The molecule has 0 saturated heterocycles. The topological polar surface area (TPSA) is 59.7 Å². The predicted molar refractivity (Wildman–Crippen MR) is 190 cm³/mol. The summed E-state index contributed by atoms with van der Waals surface area (Å²) in [5, 5.41) is 15.8. The average molecular weight is 601 g/mol. The van der Waals surface area contributed by atoms with Crippen LogP contribution in [-0.2, 0) is 0 Å². The molecule has 0 amide bonds. The highest BCUT2D eigenvalue weighted by atomic mass is 16.3. The number of fused-ring (bicyclic) bond motifs is 10. The highest BCUT2D eigenvalue weighted by molar-refractivity contribution is 6.26. The quantitative estimate of drug-likeness (QED) is 0.203. The van der Waals surface area contributed by atoms with Gasteiger partial charge in [-0.2, -0.15) is 5.26 Å². The maximum absolute atomic E-state index is 10.2. The molecule has 5 heteroatoms. The van der Waals surface area contributed by atoms with Crippen molar-refractivity contribution in [1.82, 2.24) is 14.1 Å². The lowest BCUT2D eigenvalue weighted by molar-refractivity contribution is 0.669. The van der Waals surface area contributed by atoms with Gasteiger partial charge in [0.15, 0.2) is 0 Å². The molecule has 47 heavy (non-hydrogen) atoms. The number of nitrogens with zero attached hydrogens (tertiary/aromatic N) is 4. The van der Waals surface area contributed by atoms with E-state index in [-0.39, 0.29) is 0 Å². The standard InChI is InChI=1S/C42H24N4O/c43-25-26-21-28(24-30(22-26)46-34-14-4-1-11-31(34)32-12-2-5-15-35(32)46)27-9-7-10-29(23-27)45-36-18-19-39-40(33-13-3-6-17-38(33)47-39)41(36)42-37(45)16-8-20-44-42/h1-24H. The third-order valence-corrected chi connectivity index (χ3v) is 9.35. The molecule has 0 radical (unpaired) electrons. The number of pyridine rings is 1. The van der Waals surface area contributed by atoms with Gasteiger partial charge in [0, 0.05) is 44.5 Å². The zero-order valence-corrected chi connectivity index (χ0v) is 25.1. The third-order valence-electron chi connectivity index (χ3n) is 9.35. The summed E-state index contributed by atoms with van der Waals surface area (Å²) in [5.41, 5.74) is 11.5. The van der Waals surface area contributed by atoms with Crippen molar-refractivity contribution in [3.63, 3.8) is 0 Å². The van der Waals surface area contributed by atoms with Crippen LogP contribution in [0.5, 0.6) is 0 Å². The molecule has 0 atom stereocenters. The Balaban J connectivity index is 1.21. The Morgan fingerprint density at radius 3 is 2.02 bits per heavy atom. The Bertz CT molecular complexity index is 2880. The van der Waals surface area contributed by atoms with Crippen molar-refractivity contribution >= 4 is 65.7 Å². The summed E-state index contributed by atoms with van der Waals surface area (Å²) < 4.78 is 10.8. The first-order valence-electron chi connectivity index (χ1n) is 15.6. The van der Waals surface area contributed by atoms with Crippen molar-refractivity contribution in [2.24, 2.45) is 0 Å². The first kappa shape index (κ1) is 25.7. The SMILES string of the molecule is N#Cc1cc(-c2cccc(-n3c4cccnc4c4c5c(ccc43)oc3ccccc35)c2)cc(-n2c3ccccc3c3ccccc32)c1. The molecule has 10 aromatic rings. The van der Waals surface area contributed by atoms with Crippen molar-refractivity contribution < 1.29 is 4.42 Å². The van der Waals surface area contributed by atoms with Crippen molar-refractivity contribution in [2.75, 3.05) is 0 Å². The Morgan fingerprint density at radius 2 is 1.21 bits per heavy atom. The highest BCUT2D eigenvalue weighted by Gasteiger charge is 2.20. The Morgan fingerprint density at radius 1 is 0.511 bits per heavy atom. The molecule has 0 fully saturated rings. The molecule has 0 N–H and O–H groups in total. The van der Waals surface area contributed by atoms with Crippen LogP contribution in [0, 0.1) is 11.3 Å². The largest absolute Gasteiger partial charge is 0.456 e. The number of furan rings is 1. The van der Waals surface area contributed by atoms with Gasteiger partial charge in [-0.25, -0.2) is 0 Å². The zero-order valence-electron chi connectivity index (χ0n) is 25.1. The molecule has 0 aliphatic carbocycles. The van der Waals surface area contributed by atoms with Crippen LogP contribution < -0.4 is 0 Å². The lowest BCUT2D eigenvalue weighted by Gasteiger charge is -2.13. The summed E-state index contributed by atoms with van der Waals surface area (Å²) in [6.45, 7) is 0. The second-order valence-corrected chi connectivity index (χ2v) is 11.9. The summed E-state index contributed by atoms with van der Waals surface area (Å²) in [7, 11) is 0. The summed E-state index contributed by atoms with van der Waals surface area (Å²) >= 11 is 0. The van der Waals surface area contributed by atoms with Crippen LogP contribution in [0.3, 0.4) is 0 Å². The van der Waals surface area contributed by atoms with Crippen LogP contribution in [0.1, 0.15) is 5.56 Å². The van der Waals surface area contributed by atoms with E-state index in [1.807, 2.05) is 36.5 Å². The van der Waals surface area contributed by atoms with Gasteiger partial charge in [-0.15, -0.1) is 0 Å². The summed E-state index contributed by atoms with van der Waals surface area (Å²) in [6.07, 6.45) is 1.85. The molecular formula is C42H24N4O. The molecule has 10 rings (SSSR count). The zero-order chi connectivity index (χ0) is 31.1. The number of hydrogen-bond acceptors (Lipinski definition) is 3. The normalized spacial score (nSPS) is 11.8. The van der Waals surface area contributed by atoms with E-state index in [0.717, 1.165) is 77.4 Å². The molecule has 218 valence electrons. The monoisotopic (exact) mass is 600 g/mol. The minimum absolute atomic E-state index is 0.611. The molecule has 0 unspecified atom stereocenters. The van der Waals surface area contributed by atoms with Crippen LogP contribution in [0.4, 0.5) is 0 Å². The van der Waals surface area contributed by atoms with Gasteiger partial charge < -0.3 is 13.6 Å². The molecule has 0 bridgehead atoms. The second-order valence-electron chi connectivity index (χ2n) is 11.9. The molecular weight excluding hydrogens is 576 g/mol. The van der Waals surface area contributed by atoms with Crippen LogP contribution >= 0.6 is 0 Å². The maximum atomic E-state index is 10.2. The number of hydrogen-bond donors (Lipinski definition) is 0. The third kappa shape index (κ3) is 3.67. The van der Waals surface area contributed by atoms with E-state index in [0.29, 0.717) is 5.56 Å². The molecule has 0 spiro atoms. The fourth-order valence-corrected chi connectivity index (χ4v) is 7.41. The Hall–Kier alpha value is -6.64. The Labute approximate surface area is 268 Å². The molecule has 0 aliphatic heterocycles. The van der Waals surface area contributed by atoms with E-state index in [1.165, 1.54) is 10.8 Å². The number of rotatable bonds is 3. The van der Waals surface area contributed by atoms with Gasteiger partial charge in [0.1, 0.15) is 11.2 Å². The first-order chi connectivity index (χ1) is 23.3. The van der Waals surface area contributed by atoms with Crippen LogP contribution in [0.15, 0.2) is 150 Å². The van der Waals surface area contributed by atoms with E-state index in [9.17, 15) is 5.26 Å². The van der Waals surface area contributed by atoms with Gasteiger partial charge in [-0.3, -0.25) is 4.98 Å². The molecule has 4 heterocycles. The van der Waals surface area contributed by atoms with Gasteiger partial charge in [-0.1, -0.05) is 66.7 Å². The smallest absolute Gasteiger partial charge is 0.136 e. The van der Waals surface area contributed by atoms with Crippen molar-refractivity contribution in [1.29, 1.82) is 5.26 Å². The van der Waals surface area contributed by atoms with E-state index in [2.05, 4.69) is 124 Å². The van der Waals surface area contributed by atoms with Crippen molar-refractivity contribution in [2.45, 2.75) is 0 Å².